The fourth-order valence-electron chi connectivity index (χ4n) is 3.96. The molecule has 0 bridgehead atoms. The fourth-order valence-corrected chi connectivity index (χ4v) is 3.96. The number of fused-ring (bicyclic) bond motifs is 2. The van der Waals surface area contributed by atoms with Crippen molar-refractivity contribution < 1.29 is 18.7 Å². The highest BCUT2D eigenvalue weighted by Crippen LogP contribution is 2.38. The monoisotopic (exact) mass is 357 g/mol. The van der Waals surface area contributed by atoms with E-state index in [4.69, 9.17) is 13.9 Å². The number of carbonyl (C=O) groups excluding carboxylic acids is 1. The van der Waals surface area contributed by atoms with Gasteiger partial charge in [-0.05, 0) is 56.9 Å². The number of ether oxygens (including phenoxy) is 2. The Balaban J connectivity index is 1.51. The third kappa shape index (κ3) is 2.88. The number of hydrogen-bond acceptors (Lipinski definition) is 5. The zero-order valence-corrected chi connectivity index (χ0v) is 15.3. The molecule has 1 aromatic carbocycles. The van der Waals surface area contributed by atoms with Crippen LogP contribution in [0.3, 0.4) is 0 Å². The predicted molar refractivity (Wildman–Crippen MR) is 96.6 cm³/mol. The number of nitrogens with one attached hydrogen (secondary N) is 1. The van der Waals surface area contributed by atoms with Crippen molar-refractivity contribution in [1.29, 1.82) is 0 Å². The van der Waals surface area contributed by atoms with Gasteiger partial charge in [0.25, 0.3) is 5.91 Å². The minimum absolute atomic E-state index is 0.0646. The summed E-state index contributed by atoms with van der Waals surface area (Å²) in [6.07, 6.45) is 2.21. The van der Waals surface area contributed by atoms with Crippen molar-refractivity contribution in [2.75, 3.05) is 13.2 Å². The highest BCUT2D eigenvalue weighted by Gasteiger charge is 2.45. The summed E-state index contributed by atoms with van der Waals surface area (Å²) in [5.74, 6) is 0.870. The molecular weight excluding hydrogens is 334 g/mol. The summed E-state index contributed by atoms with van der Waals surface area (Å²) in [7, 11) is 0. The molecule has 1 amide bonds. The fraction of sp³-hybridized carbons (Fsp3) is 0.500. The molecule has 138 valence electrons. The van der Waals surface area contributed by atoms with E-state index in [1.807, 2.05) is 26.0 Å². The molecule has 1 aliphatic heterocycles. The van der Waals surface area contributed by atoms with Crippen LogP contribution in [0.4, 0.5) is 0 Å². The van der Waals surface area contributed by atoms with E-state index in [2.05, 4.69) is 5.32 Å². The van der Waals surface area contributed by atoms with Crippen molar-refractivity contribution in [1.82, 2.24) is 5.32 Å². The maximum Gasteiger partial charge on any atom is 0.339 e. The summed E-state index contributed by atoms with van der Waals surface area (Å²) < 4.78 is 16.8. The van der Waals surface area contributed by atoms with E-state index in [1.54, 1.807) is 6.92 Å². The van der Waals surface area contributed by atoms with Crippen LogP contribution in [0.5, 0.6) is 5.75 Å². The lowest BCUT2D eigenvalue weighted by molar-refractivity contribution is -0.126. The van der Waals surface area contributed by atoms with Gasteiger partial charge in [0, 0.05) is 24.1 Å². The van der Waals surface area contributed by atoms with Gasteiger partial charge in [-0.15, -0.1) is 0 Å². The van der Waals surface area contributed by atoms with Gasteiger partial charge in [0.1, 0.15) is 11.3 Å². The van der Waals surface area contributed by atoms with Gasteiger partial charge in [0.2, 0.25) is 0 Å². The zero-order valence-electron chi connectivity index (χ0n) is 15.3. The first-order chi connectivity index (χ1) is 12.4. The van der Waals surface area contributed by atoms with E-state index < -0.39 is 0 Å². The lowest BCUT2D eigenvalue weighted by Crippen LogP contribution is -2.54. The molecule has 1 N–H and O–H groups in total. The van der Waals surface area contributed by atoms with Gasteiger partial charge in [-0.25, -0.2) is 4.79 Å². The van der Waals surface area contributed by atoms with E-state index in [0.717, 1.165) is 36.0 Å². The number of amides is 1. The van der Waals surface area contributed by atoms with E-state index >= 15 is 0 Å². The molecular formula is C20H23NO5. The lowest BCUT2D eigenvalue weighted by Gasteiger charge is -2.39. The molecule has 1 saturated heterocycles. The van der Waals surface area contributed by atoms with Crippen LogP contribution in [0, 0.1) is 26.7 Å². The summed E-state index contributed by atoms with van der Waals surface area (Å²) in [4.78, 5) is 24.2. The van der Waals surface area contributed by atoms with Gasteiger partial charge in [-0.2, -0.15) is 0 Å². The summed E-state index contributed by atoms with van der Waals surface area (Å²) in [5.41, 5.74) is 2.42. The molecule has 3 atom stereocenters. The Morgan fingerprint density at radius 2 is 2.08 bits per heavy atom. The smallest absolute Gasteiger partial charge is 0.339 e. The molecule has 2 aliphatic rings. The topological polar surface area (TPSA) is 77.8 Å². The van der Waals surface area contributed by atoms with E-state index in [-0.39, 0.29) is 24.2 Å². The molecule has 1 saturated carbocycles. The van der Waals surface area contributed by atoms with E-state index in [1.165, 1.54) is 0 Å². The van der Waals surface area contributed by atoms with Crippen LogP contribution < -0.4 is 15.7 Å². The van der Waals surface area contributed by atoms with Crippen LogP contribution in [-0.2, 0) is 9.53 Å². The second-order valence-corrected chi connectivity index (χ2v) is 7.34. The number of rotatable bonds is 4. The Morgan fingerprint density at radius 3 is 2.85 bits per heavy atom. The Labute approximate surface area is 151 Å². The molecule has 2 heterocycles. The van der Waals surface area contributed by atoms with Crippen LogP contribution in [0.15, 0.2) is 21.3 Å². The normalized spacial score (nSPS) is 24.2. The Hall–Kier alpha value is -2.34. The van der Waals surface area contributed by atoms with Crippen molar-refractivity contribution in [3.05, 3.63) is 39.2 Å². The van der Waals surface area contributed by atoms with Crippen LogP contribution in [0.2, 0.25) is 0 Å². The van der Waals surface area contributed by atoms with Gasteiger partial charge < -0.3 is 19.2 Å². The number of hydrogen-bond donors (Lipinski definition) is 1. The standard InChI is InChI=1S/C20H23NO5/c1-10-6-16(19-11(2)12(3)20(23)26-17(19)7-10)25-9-18(22)21-14-8-15-13(14)4-5-24-15/h6-7,13-15H,4-5,8-9H2,1-3H3,(H,21,22)/t13-,14+,15+/m0/s1. The highest BCUT2D eigenvalue weighted by atomic mass is 16.5. The van der Waals surface area contributed by atoms with Crippen molar-refractivity contribution in [3.63, 3.8) is 0 Å². The molecule has 2 aromatic rings. The van der Waals surface area contributed by atoms with E-state index in [9.17, 15) is 9.59 Å². The van der Waals surface area contributed by atoms with Gasteiger partial charge in [0.05, 0.1) is 11.5 Å². The molecule has 6 nitrogen and oxygen atoms in total. The first-order valence-corrected chi connectivity index (χ1v) is 9.02. The minimum atomic E-state index is -0.345. The average Bonchev–Trinajstić information content (AvgIpc) is 2.96. The van der Waals surface area contributed by atoms with Crippen LogP contribution in [-0.4, -0.2) is 31.3 Å². The van der Waals surface area contributed by atoms with Gasteiger partial charge >= 0.3 is 5.63 Å². The van der Waals surface area contributed by atoms with Gasteiger partial charge in [0.15, 0.2) is 6.61 Å². The Kier molecular flexibility index (Phi) is 4.23. The minimum Gasteiger partial charge on any atom is -0.483 e. The van der Waals surface area contributed by atoms with Crippen molar-refractivity contribution >= 4 is 16.9 Å². The highest BCUT2D eigenvalue weighted by molar-refractivity contribution is 5.88. The van der Waals surface area contributed by atoms with Crippen LogP contribution >= 0.6 is 0 Å². The molecule has 0 spiro atoms. The zero-order chi connectivity index (χ0) is 18.4. The summed E-state index contributed by atoms with van der Waals surface area (Å²) in [6, 6.07) is 3.87. The SMILES string of the molecule is Cc1cc(OCC(=O)N[C@@H]2C[C@H]3OCC[C@@H]23)c2c(C)c(C)c(=O)oc2c1. The first-order valence-electron chi connectivity index (χ1n) is 9.02. The van der Waals surface area contributed by atoms with Gasteiger partial charge in [-0.1, -0.05) is 0 Å². The van der Waals surface area contributed by atoms with Crippen molar-refractivity contribution in [2.45, 2.75) is 45.8 Å². The Morgan fingerprint density at radius 1 is 1.27 bits per heavy atom. The summed E-state index contributed by atoms with van der Waals surface area (Å²) in [6.45, 7) is 6.22. The van der Waals surface area contributed by atoms with E-state index in [0.29, 0.717) is 28.9 Å². The molecule has 0 unspecified atom stereocenters. The number of carbonyl (C=O) groups is 1. The first kappa shape index (κ1) is 17.1. The maximum absolute atomic E-state index is 12.3. The predicted octanol–water partition coefficient (Wildman–Crippen LogP) is 2.39. The molecule has 1 aromatic heterocycles. The largest absolute Gasteiger partial charge is 0.483 e. The maximum atomic E-state index is 12.3. The average molecular weight is 357 g/mol. The second kappa shape index (κ2) is 6.43. The number of benzene rings is 1. The second-order valence-electron chi connectivity index (χ2n) is 7.34. The number of aryl methyl sites for hydroxylation is 2. The summed E-state index contributed by atoms with van der Waals surface area (Å²) in [5, 5.41) is 3.78. The molecule has 26 heavy (non-hydrogen) atoms. The van der Waals surface area contributed by atoms with Gasteiger partial charge in [-0.3, -0.25) is 4.79 Å². The van der Waals surface area contributed by atoms with Crippen LogP contribution in [0.1, 0.15) is 29.5 Å². The third-order valence-corrected chi connectivity index (χ3v) is 5.63. The quantitative estimate of drug-likeness (QED) is 0.850. The molecule has 4 rings (SSSR count). The molecule has 0 radical (unpaired) electrons. The Bertz CT molecular complexity index is 932. The lowest BCUT2D eigenvalue weighted by atomic mass is 9.76. The molecule has 2 fully saturated rings. The third-order valence-electron chi connectivity index (χ3n) is 5.63. The van der Waals surface area contributed by atoms with Crippen molar-refractivity contribution in [3.8, 4) is 5.75 Å². The van der Waals surface area contributed by atoms with Crippen molar-refractivity contribution in [2.24, 2.45) is 5.92 Å². The van der Waals surface area contributed by atoms with Crippen LogP contribution in [0.25, 0.3) is 11.0 Å². The summed E-state index contributed by atoms with van der Waals surface area (Å²) >= 11 is 0. The molecule has 1 aliphatic carbocycles. The molecule has 6 heteroatoms.